The van der Waals surface area contributed by atoms with E-state index in [4.69, 9.17) is 23.2 Å². The van der Waals surface area contributed by atoms with Crippen molar-refractivity contribution in [3.8, 4) is 0 Å². The first-order chi connectivity index (χ1) is 12.5. The first-order valence-corrected chi connectivity index (χ1v) is 8.76. The largest absolute Gasteiger partial charge is 0.370 e. The van der Waals surface area contributed by atoms with Crippen molar-refractivity contribution in [2.24, 2.45) is 0 Å². The van der Waals surface area contributed by atoms with Crippen LogP contribution in [0.2, 0.25) is 10.0 Å². The molecule has 132 valence electrons. The van der Waals surface area contributed by atoms with Crippen LogP contribution in [0.15, 0.2) is 66.9 Å². The molecule has 0 unspecified atom stereocenters. The third-order valence-corrected chi connectivity index (χ3v) is 4.41. The molecule has 0 saturated heterocycles. The summed E-state index contributed by atoms with van der Waals surface area (Å²) in [4.78, 5) is 18.7. The lowest BCUT2D eigenvalue weighted by Crippen LogP contribution is -2.19. The zero-order valence-corrected chi connectivity index (χ0v) is 15.6. The van der Waals surface area contributed by atoms with E-state index in [2.05, 4.69) is 27.3 Å². The normalized spacial score (nSPS) is 10.4. The van der Waals surface area contributed by atoms with E-state index in [0.717, 1.165) is 12.2 Å². The van der Waals surface area contributed by atoms with Crippen LogP contribution < -0.4 is 10.2 Å². The standard InChI is InChI=1S/C20H17Cl2N3O/c1-25(13-14-5-3-2-4-6-14)16-9-10-23-19(12-16)20(26)24-18-8-7-15(21)11-17(18)22/h2-12H,13H2,1H3,(H,24,26). The van der Waals surface area contributed by atoms with Crippen molar-refractivity contribution in [2.75, 3.05) is 17.3 Å². The second-order valence-corrected chi connectivity index (χ2v) is 6.66. The topological polar surface area (TPSA) is 45.2 Å². The van der Waals surface area contributed by atoms with E-state index in [1.54, 1.807) is 30.5 Å². The molecule has 1 heterocycles. The number of anilines is 2. The van der Waals surface area contributed by atoms with Crippen molar-refractivity contribution in [3.05, 3.63) is 88.2 Å². The van der Waals surface area contributed by atoms with Gasteiger partial charge in [0.2, 0.25) is 0 Å². The van der Waals surface area contributed by atoms with Crippen LogP contribution in [0, 0.1) is 0 Å². The van der Waals surface area contributed by atoms with Gasteiger partial charge in [0.05, 0.1) is 10.7 Å². The zero-order chi connectivity index (χ0) is 18.5. The fourth-order valence-electron chi connectivity index (χ4n) is 2.51. The van der Waals surface area contributed by atoms with Crippen LogP contribution in [0.1, 0.15) is 16.1 Å². The van der Waals surface area contributed by atoms with Gasteiger partial charge in [-0.1, -0.05) is 53.5 Å². The molecule has 4 nitrogen and oxygen atoms in total. The number of nitrogens with one attached hydrogen (secondary N) is 1. The predicted octanol–water partition coefficient (Wildman–Crippen LogP) is 5.28. The third-order valence-electron chi connectivity index (χ3n) is 3.86. The third kappa shape index (κ3) is 4.54. The van der Waals surface area contributed by atoms with Gasteiger partial charge in [-0.25, -0.2) is 0 Å². The van der Waals surface area contributed by atoms with Gasteiger partial charge >= 0.3 is 0 Å². The van der Waals surface area contributed by atoms with Gasteiger partial charge in [-0.05, 0) is 35.9 Å². The molecule has 26 heavy (non-hydrogen) atoms. The molecule has 0 aliphatic rings. The van der Waals surface area contributed by atoms with Crippen LogP contribution in [0.4, 0.5) is 11.4 Å². The highest BCUT2D eigenvalue weighted by atomic mass is 35.5. The number of pyridine rings is 1. The van der Waals surface area contributed by atoms with Crippen molar-refractivity contribution in [1.82, 2.24) is 4.98 Å². The number of nitrogens with zero attached hydrogens (tertiary/aromatic N) is 2. The minimum absolute atomic E-state index is 0.313. The Bertz CT molecular complexity index is 916. The number of halogens is 2. The van der Waals surface area contributed by atoms with Crippen molar-refractivity contribution in [3.63, 3.8) is 0 Å². The number of hydrogen-bond donors (Lipinski definition) is 1. The molecule has 0 atom stereocenters. The molecule has 0 radical (unpaired) electrons. The highest BCUT2D eigenvalue weighted by molar-refractivity contribution is 6.36. The van der Waals surface area contributed by atoms with Gasteiger partial charge in [0, 0.05) is 30.5 Å². The van der Waals surface area contributed by atoms with Crippen molar-refractivity contribution >= 4 is 40.5 Å². The summed E-state index contributed by atoms with van der Waals surface area (Å²) in [5.74, 6) is -0.329. The first-order valence-electron chi connectivity index (χ1n) is 8.00. The average Bonchev–Trinajstić information content (AvgIpc) is 2.65. The fourth-order valence-corrected chi connectivity index (χ4v) is 2.96. The Morgan fingerprint density at radius 3 is 2.58 bits per heavy atom. The van der Waals surface area contributed by atoms with E-state index >= 15 is 0 Å². The summed E-state index contributed by atoms with van der Waals surface area (Å²) < 4.78 is 0. The number of carbonyl (C=O) groups excluding carboxylic acids is 1. The van der Waals surface area contributed by atoms with Crippen molar-refractivity contribution < 1.29 is 4.79 Å². The summed E-state index contributed by atoms with van der Waals surface area (Å²) in [6, 6.07) is 18.7. The number of carbonyl (C=O) groups is 1. The molecular formula is C20H17Cl2N3O. The zero-order valence-electron chi connectivity index (χ0n) is 14.1. The van der Waals surface area contributed by atoms with Gasteiger partial charge < -0.3 is 10.2 Å². The lowest BCUT2D eigenvalue weighted by atomic mass is 10.2. The monoisotopic (exact) mass is 385 g/mol. The Morgan fingerprint density at radius 1 is 1.08 bits per heavy atom. The summed E-state index contributed by atoms with van der Waals surface area (Å²) in [5.41, 5.74) is 2.89. The summed E-state index contributed by atoms with van der Waals surface area (Å²) in [6.45, 7) is 0.731. The van der Waals surface area contributed by atoms with Crippen LogP contribution in [0.3, 0.4) is 0 Å². The molecule has 3 rings (SSSR count). The smallest absolute Gasteiger partial charge is 0.274 e. The average molecular weight is 386 g/mol. The molecule has 0 spiro atoms. The van der Waals surface area contributed by atoms with Crippen molar-refractivity contribution in [1.29, 1.82) is 0 Å². The Morgan fingerprint density at radius 2 is 1.85 bits per heavy atom. The molecule has 0 fully saturated rings. The predicted molar refractivity (Wildman–Crippen MR) is 107 cm³/mol. The maximum absolute atomic E-state index is 12.5. The maximum Gasteiger partial charge on any atom is 0.274 e. The fraction of sp³-hybridized carbons (Fsp3) is 0.100. The lowest BCUT2D eigenvalue weighted by molar-refractivity contribution is 0.102. The van der Waals surface area contributed by atoms with Gasteiger partial charge in [-0.15, -0.1) is 0 Å². The van der Waals surface area contributed by atoms with E-state index in [0.29, 0.717) is 21.4 Å². The summed E-state index contributed by atoms with van der Waals surface area (Å²) in [6.07, 6.45) is 1.62. The minimum atomic E-state index is -0.329. The quantitative estimate of drug-likeness (QED) is 0.649. The van der Waals surface area contributed by atoms with Gasteiger partial charge in [-0.3, -0.25) is 9.78 Å². The Hall–Kier alpha value is -2.56. The molecule has 1 aromatic heterocycles. The minimum Gasteiger partial charge on any atom is -0.370 e. The summed E-state index contributed by atoms with van der Waals surface area (Å²) in [7, 11) is 1.97. The highest BCUT2D eigenvalue weighted by Gasteiger charge is 2.12. The molecule has 0 saturated carbocycles. The van der Waals surface area contributed by atoms with E-state index in [9.17, 15) is 4.79 Å². The number of rotatable bonds is 5. The second-order valence-electron chi connectivity index (χ2n) is 5.82. The lowest BCUT2D eigenvalue weighted by Gasteiger charge is -2.19. The second kappa shape index (κ2) is 8.21. The number of amides is 1. The molecule has 0 bridgehead atoms. The molecule has 1 amide bonds. The van der Waals surface area contributed by atoms with Crippen LogP contribution >= 0.6 is 23.2 Å². The first kappa shape index (κ1) is 18.2. The van der Waals surface area contributed by atoms with Crippen LogP contribution in [0.5, 0.6) is 0 Å². The molecule has 0 aliphatic carbocycles. The number of aromatic nitrogens is 1. The molecule has 2 aromatic carbocycles. The van der Waals surface area contributed by atoms with Gasteiger partial charge in [0.25, 0.3) is 5.91 Å². The molecule has 1 N–H and O–H groups in total. The molecule has 0 aliphatic heterocycles. The Balaban J connectivity index is 1.74. The Kier molecular flexibility index (Phi) is 5.76. The van der Waals surface area contributed by atoms with E-state index in [-0.39, 0.29) is 5.91 Å². The van der Waals surface area contributed by atoms with Crippen LogP contribution in [0.25, 0.3) is 0 Å². The Labute approximate surface area is 162 Å². The summed E-state index contributed by atoms with van der Waals surface area (Å²) >= 11 is 12.0. The van der Waals surface area contributed by atoms with Gasteiger partial charge in [0.1, 0.15) is 5.69 Å². The van der Waals surface area contributed by atoms with Gasteiger partial charge in [0.15, 0.2) is 0 Å². The maximum atomic E-state index is 12.5. The molecule has 3 aromatic rings. The van der Waals surface area contributed by atoms with Crippen LogP contribution in [-0.4, -0.2) is 17.9 Å². The van der Waals surface area contributed by atoms with E-state index < -0.39 is 0 Å². The SMILES string of the molecule is CN(Cc1ccccc1)c1ccnc(C(=O)Nc2ccc(Cl)cc2Cl)c1. The number of hydrogen-bond acceptors (Lipinski definition) is 3. The molecular weight excluding hydrogens is 369 g/mol. The van der Waals surface area contributed by atoms with Gasteiger partial charge in [-0.2, -0.15) is 0 Å². The van der Waals surface area contributed by atoms with Crippen molar-refractivity contribution in [2.45, 2.75) is 6.54 Å². The highest BCUT2D eigenvalue weighted by Crippen LogP contribution is 2.26. The van der Waals surface area contributed by atoms with E-state index in [1.807, 2.05) is 31.3 Å². The number of benzene rings is 2. The van der Waals surface area contributed by atoms with Crippen LogP contribution in [-0.2, 0) is 6.54 Å². The van der Waals surface area contributed by atoms with E-state index in [1.165, 1.54) is 5.56 Å². The molecule has 6 heteroatoms. The summed E-state index contributed by atoms with van der Waals surface area (Å²) in [5, 5.41) is 3.65.